The van der Waals surface area contributed by atoms with E-state index >= 15 is 0 Å². The fourth-order valence-corrected chi connectivity index (χ4v) is 2.50. The zero-order valence-electron chi connectivity index (χ0n) is 8.50. The molecule has 0 spiro atoms. The molecule has 0 unspecified atom stereocenters. The molecule has 1 aromatic carbocycles. The molecule has 2 aromatic rings. The minimum absolute atomic E-state index is 0.660. The van der Waals surface area contributed by atoms with Crippen LogP contribution in [-0.4, -0.2) is 9.97 Å². The highest BCUT2D eigenvalue weighted by atomic mass is 79.9. The number of hydrogen-bond acceptors (Lipinski definition) is 2. The van der Waals surface area contributed by atoms with Gasteiger partial charge in [-0.3, -0.25) is 0 Å². The normalized spacial score (nSPS) is 15.9. The third-order valence-electron chi connectivity index (χ3n) is 2.78. The summed E-state index contributed by atoms with van der Waals surface area (Å²) in [5, 5.41) is 1.20. The second kappa shape index (κ2) is 3.27. The summed E-state index contributed by atoms with van der Waals surface area (Å²) in [6, 6.07) is 6.14. The van der Waals surface area contributed by atoms with Crippen LogP contribution in [0.2, 0.25) is 0 Å². The molecule has 0 radical (unpaired) electrons. The predicted octanol–water partition coefficient (Wildman–Crippen LogP) is 3.58. The minimum Gasteiger partial charge on any atom is -0.237 e. The van der Waals surface area contributed by atoms with Crippen molar-refractivity contribution < 1.29 is 0 Å². The quantitative estimate of drug-likeness (QED) is 0.785. The van der Waals surface area contributed by atoms with E-state index in [4.69, 9.17) is 0 Å². The van der Waals surface area contributed by atoms with E-state index in [0.29, 0.717) is 5.92 Å². The van der Waals surface area contributed by atoms with Crippen LogP contribution in [0.5, 0.6) is 0 Å². The molecule has 3 heteroatoms. The van der Waals surface area contributed by atoms with Gasteiger partial charge < -0.3 is 0 Å². The smallest absolute Gasteiger partial charge is 0.126 e. The van der Waals surface area contributed by atoms with Crippen molar-refractivity contribution in [3.8, 4) is 0 Å². The van der Waals surface area contributed by atoms with E-state index in [-0.39, 0.29) is 0 Å². The van der Waals surface area contributed by atoms with Crippen molar-refractivity contribution in [2.45, 2.75) is 25.7 Å². The zero-order chi connectivity index (χ0) is 10.4. The molecule has 1 aliphatic rings. The molecular formula is C12H11BrN2. The van der Waals surface area contributed by atoms with Gasteiger partial charge in [0.25, 0.3) is 0 Å². The molecule has 1 aromatic heterocycles. The van der Waals surface area contributed by atoms with Crippen molar-refractivity contribution in [2.24, 2.45) is 0 Å². The Morgan fingerprint density at radius 3 is 2.80 bits per heavy atom. The number of hydrogen-bond donors (Lipinski definition) is 0. The van der Waals surface area contributed by atoms with E-state index in [2.05, 4.69) is 38.0 Å². The van der Waals surface area contributed by atoms with Crippen LogP contribution in [0.25, 0.3) is 10.9 Å². The van der Waals surface area contributed by atoms with Crippen LogP contribution in [-0.2, 0) is 0 Å². The van der Waals surface area contributed by atoms with Gasteiger partial charge in [-0.05, 0) is 31.9 Å². The molecule has 1 aliphatic carbocycles. The van der Waals surface area contributed by atoms with Gasteiger partial charge in [-0.2, -0.15) is 0 Å². The third-order valence-corrected chi connectivity index (χ3v) is 3.44. The van der Waals surface area contributed by atoms with Crippen LogP contribution in [0.15, 0.2) is 22.7 Å². The second-order valence-corrected chi connectivity index (χ2v) is 4.92. The summed E-state index contributed by atoms with van der Waals surface area (Å²) in [6.45, 7) is 1.96. The Bertz CT molecular complexity index is 532. The van der Waals surface area contributed by atoms with E-state index in [0.717, 1.165) is 15.8 Å². The highest BCUT2D eigenvalue weighted by Gasteiger charge is 2.28. The number of rotatable bonds is 1. The van der Waals surface area contributed by atoms with Crippen LogP contribution < -0.4 is 0 Å². The Morgan fingerprint density at radius 2 is 2.07 bits per heavy atom. The van der Waals surface area contributed by atoms with E-state index in [1.54, 1.807) is 0 Å². The molecule has 1 fully saturated rings. The Balaban J connectivity index is 2.39. The average molecular weight is 263 g/mol. The first-order valence-corrected chi connectivity index (χ1v) is 5.98. The highest BCUT2D eigenvalue weighted by Crippen LogP contribution is 2.43. The fourth-order valence-electron chi connectivity index (χ4n) is 1.94. The van der Waals surface area contributed by atoms with Gasteiger partial charge in [-0.25, -0.2) is 9.97 Å². The minimum atomic E-state index is 0.660. The molecule has 15 heavy (non-hydrogen) atoms. The maximum Gasteiger partial charge on any atom is 0.126 e. The maximum absolute atomic E-state index is 4.58. The Morgan fingerprint density at radius 1 is 1.27 bits per heavy atom. The van der Waals surface area contributed by atoms with Crippen LogP contribution in [0.3, 0.4) is 0 Å². The molecule has 0 atom stereocenters. The van der Waals surface area contributed by atoms with E-state index in [1.165, 1.54) is 23.9 Å². The predicted molar refractivity (Wildman–Crippen MR) is 64.0 cm³/mol. The van der Waals surface area contributed by atoms with Crippen LogP contribution in [0.4, 0.5) is 0 Å². The van der Waals surface area contributed by atoms with Crippen LogP contribution in [0, 0.1) is 6.92 Å². The monoisotopic (exact) mass is 262 g/mol. The number of halogens is 1. The van der Waals surface area contributed by atoms with Crippen molar-refractivity contribution >= 4 is 26.8 Å². The lowest BCUT2D eigenvalue weighted by atomic mass is 10.1. The molecule has 1 saturated carbocycles. The Labute approximate surface area is 96.9 Å². The van der Waals surface area contributed by atoms with Crippen molar-refractivity contribution in [3.63, 3.8) is 0 Å². The topological polar surface area (TPSA) is 25.8 Å². The molecule has 76 valence electrons. The van der Waals surface area contributed by atoms with E-state index in [9.17, 15) is 0 Å². The molecule has 2 nitrogen and oxygen atoms in total. The summed E-state index contributed by atoms with van der Waals surface area (Å²) in [4.78, 5) is 9.05. The lowest BCUT2D eigenvalue weighted by Crippen LogP contribution is -1.96. The molecule has 0 N–H and O–H groups in total. The first kappa shape index (κ1) is 9.28. The van der Waals surface area contributed by atoms with Gasteiger partial charge in [0, 0.05) is 15.8 Å². The van der Waals surface area contributed by atoms with Gasteiger partial charge >= 0.3 is 0 Å². The van der Waals surface area contributed by atoms with Gasteiger partial charge in [-0.15, -0.1) is 0 Å². The average Bonchev–Trinajstić information content (AvgIpc) is 2.99. The molecule has 0 amide bonds. The largest absolute Gasteiger partial charge is 0.237 e. The Kier molecular flexibility index (Phi) is 2.02. The lowest BCUT2D eigenvalue weighted by Gasteiger charge is -2.07. The summed E-state index contributed by atoms with van der Waals surface area (Å²) < 4.78 is 1.11. The zero-order valence-corrected chi connectivity index (χ0v) is 10.1. The fraction of sp³-hybridized carbons (Fsp3) is 0.333. The maximum atomic E-state index is 4.58. The van der Waals surface area contributed by atoms with Gasteiger partial charge in [0.05, 0.1) is 11.2 Å². The first-order chi connectivity index (χ1) is 7.25. The SMILES string of the molecule is Cc1nc(C2CC2)c2c(Br)cccc2n1. The van der Waals surface area contributed by atoms with E-state index < -0.39 is 0 Å². The molecule has 1 heterocycles. The van der Waals surface area contributed by atoms with Crippen LogP contribution in [0.1, 0.15) is 30.3 Å². The number of fused-ring (bicyclic) bond motifs is 1. The summed E-state index contributed by atoms with van der Waals surface area (Å²) in [5.41, 5.74) is 2.28. The summed E-state index contributed by atoms with van der Waals surface area (Å²) in [7, 11) is 0. The first-order valence-electron chi connectivity index (χ1n) is 5.18. The van der Waals surface area contributed by atoms with E-state index in [1.807, 2.05) is 13.0 Å². The molecule has 0 saturated heterocycles. The summed E-state index contributed by atoms with van der Waals surface area (Å²) >= 11 is 3.59. The number of benzene rings is 1. The summed E-state index contributed by atoms with van der Waals surface area (Å²) in [6.07, 6.45) is 2.54. The van der Waals surface area contributed by atoms with Gasteiger partial charge in [0.2, 0.25) is 0 Å². The molecule has 0 bridgehead atoms. The standard InChI is InChI=1S/C12H11BrN2/c1-7-14-10-4-2-3-9(13)11(10)12(15-7)8-5-6-8/h2-4,8H,5-6H2,1H3. The number of nitrogens with zero attached hydrogens (tertiary/aromatic N) is 2. The van der Waals surface area contributed by atoms with Gasteiger partial charge in [0.15, 0.2) is 0 Å². The van der Waals surface area contributed by atoms with Crippen molar-refractivity contribution in [1.82, 2.24) is 9.97 Å². The van der Waals surface area contributed by atoms with Crippen molar-refractivity contribution in [1.29, 1.82) is 0 Å². The Hall–Kier alpha value is -0.960. The lowest BCUT2D eigenvalue weighted by molar-refractivity contribution is 0.971. The number of aryl methyl sites for hydroxylation is 1. The van der Waals surface area contributed by atoms with Crippen molar-refractivity contribution in [3.05, 3.63) is 34.2 Å². The van der Waals surface area contributed by atoms with Crippen LogP contribution >= 0.6 is 15.9 Å². The van der Waals surface area contributed by atoms with Gasteiger partial charge in [0.1, 0.15) is 5.82 Å². The second-order valence-electron chi connectivity index (χ2n) is 4.06. The van der Waals surface area contributed by atoms with Crippen molar-refractivity contribution in [2.75, 3.05) is 0 Å². The number of aromatic nitrogens is 2. The highest BCUT2D eigenvalue weighted by molar-refractivity contribution is 9.10. The molecular weight excluding hydrogens is 252 g/mol. The molecule has 3 rings (SSSR count). The third kappa shape index (κ3) is 1.55. The van der Waals surface area contributed by atoms with Gasteiger partial charge in [-0.1, -0.05) is 22.0 Å². The molecule has 0 aliphatic heterocycles. The summed E-state index contributed by atoms with van der Waals surface area (Å²) in [5.74, 6) is 1.54.